The lowest BCUT2D eigenvalue weighted by Crippen LogP contribution is -2.42. The number of benzene rings is 2. The average molecular weight is 543 g/mol. The van der Waals surface area contributed by atoms with Crippen LogP contribution in [0, 0.1) is 0 Å². The van der Waals surface area contributed by atoms with Crippen molar-refractivity contribution in [1.29, 1.82) is 0 Å². The van der Waals surface area contributed by atoms with Crippen molar-refractivity contribution in [2.75, 3.05) is 55.9 Å². The van der Waals surface area contributed by atoms with Crippen molar-refractivity contribution in [3.63, 3.8) is 0 Å². The highest BCUT2D eigenvalue weighted by Gasteiger charge is 2.37. The van der Waals surface area contributed by atoms with E-state index in [1.807, 2.05) is 24.3 Å². The molecule has 0 atom stereocenters. The minimum Gasteiger partial charge on any atom is -0.494 e. The van der Waals surface area contributed by atoms with Gasteiger partial charge in [-0.3, -0.25) is 0 Å². The molecule has 0 fully saturated rings. The summed E-state index contributed by atoms with van der Waals surface area (Å²) in [5.74, 6) is 1.67. The lowest BCUT2D eigenvalue weighted by Gasteiger charge is -2.24. The second-order valence-electron chi connectivity index (χ2n) is 7.54. The van der Waals surface area contributed by atoms with Gasteiger partial charge in [0, 0.05) is 64.5 Å². The Balaban J connectivity index is 1.74. The van der Waals surface area contributed by atoms with Gasteiger partial charge < -0.3 is 36.0 Å². The fourth-order valence-electron chi connectivity index (χ4n) is 3.41. The van der Waals surface area contributed by atoms with Gasteiger partial charge in [-0.25, -0.2) is 0 Å². The summed E-state index contributed by atoms with van der Waals surface area (Å²) in [6.07, 6.45) is 1.58. The molecule has 8 nitrogen and oxygen atoms in total. The van der Waals surface area contributed by atoms with E-state index >= 15 is 0 Å². The smallest absolute Gasteiger partial charge is 0.494 e. The van der Waals surface area contributed by atoms with Crippen LogP contribution in [-0.2, 0) is 26.6 Å². The molecule has 0 aliphatic carbocycles. The number of hydrogen-bond donors (Lipinski definition) is 0. The highest BCUT2D eigenvalue weighted by Crippen LogP contribution is 2.30. The second kappa shape index (κ2) is 15.6. The summed E-state index contributed by atoms with van der Waals surface area (Å²) in [5, 5.41) is 0. The summed E-state index contributed by atoms with van der Waals surface area (Å²) < 4.78 is 44.3. The van der Waals surface area contributed by atoms with E-state index in [9.17, 15) is 0 Å². The van der Waals surface area contributed by atoms with E-state index in [0.717, 1.165) is 34.1 Å². The van der Waals surface area contributed by atoms with Crippen LogP contribution in [0.5, 0.6) is 11.5 Å². The van der Waals surface area contributed by atoms with Gasteiger partial charge in [-0.2, -0.15) is 0 Å². The van der Waals surface area contributed by atoms with E-state index in [4.69, 9.17) is 36.0 Å². The van der Waals surface area contributed by atoms with Crippen LogP contribution >= 0.6 is 11.8 Å². The minimum atomic E-state index is -2.54. The first-order chi connectivity index (χ1) is 17.0. The topological polar surface area (TPSA) is 73.8 Å². The maximum Gasteiger partial charge on any atom is 0.500 e. The van der Waals surface area contributed by atoms with Crippen molar-refractivity contribution >= 4 is 29.4 Å². The molecule has 35 heavy (non-hydrogen) atoms. The van der Waals surface area contributed by atoms with Gasteiger partial charge in [0.15, 0.2) is 0 Å². The first kappa shape index (κ1) is 29.8. The van der Waals surface area contributed by atoms with Crippen LogP contribution in [0.1, 0.15) is 12.8 Å². The fraction of sp³-hybridized carbons (Fsp3) is 0.500. The lowest BCUT2D eigenvalue weighted by atomic mass is 10.3. The van der Waals surface area contributed by atoms with Crippen LogP contribution in [0.2, 0.25) is 12.1 Å². The van der Waals surface area contributed by atoms with Crippen LogP contribution in [0.15, 0.2) is 58.3 Å². The Morgan fingerprint density at radius 2 is 0.829 bits per heavy atom. The molecule has 196 valence electrons. The molecule has 0 aliphatic rings. The van der Waals surface area contributed by atoms with Gasteiger partial charge in [-0.1, -0.05) is 11.8 Å². The van der Waals surface area contributed by atoms with Crippen molar-refractivity contribution in [1.82, 2.24) is 0 Å². The fourth-order valence-corrected chi connectivity index (χ4v) is 7.61. The van der Waals surface area contributed by atoms with Gasteiger partial charge in [0.1, 0.15) is 11.5 Å². The molecule has 11 heteroatoms. The predicted molar refractivity (Wildman–Crippen MR) is 140 cm³/mol. The number of hydrogen-bond acceptors (Lipinski definition) is 9. The van der Waals surface area contributed by atoms with E-state index < -0.39 is 17.6 Å². The lowest BCUT2D eigenvalue weighted by molar-refractivity contribution is 0.120. The van der Waals surface area contributed by atoms with Crippen LogP contribution in [-0.4, -0.2) is 73.5 Å². The van der Waals surface area contributed by atoms with Gasteiger partial charge in [0.25, 0.3) is 0 Å². The Labute approximate surface area is 215 Å². The zero-order valence-electron chi connectivity index (χ0n) is 21.5. The normalized spacial score (nSPS) is 12.1. The van der Waals surface area contributed by atoms with Gasteiger partial charge in [-0.15, -0.1) is 0 Å². The minimum absolute atomic E-state index is 0.574. The van der Waals surface area contributed by atoms with Gasteiger partial charge in [0.2, 0.25) is 0 Å². The third-order valence-electron chi connectivity index (χ3n) is 5.54. The van der Waals surface area contributed by atoms with Crippen molar-refractivity contribution in [3.05, 3.63) is 48.5 Å². The Bertz CT molecular complexity index is 744. The zero-order valence-corrected chi connectivity index (χ0v) is 24.4. The van der Waals surface area contributed by atoms with Crippen LogP contribution in [0.25, 0.3) is 0 Å². The first-order valence-electron chi connectivity index (χ1n) is 11.4. The quantitative estimate of drug-likeness (QED) is 0.188. The molecule has 0 bridgehead atoms. The van der Waals surface area contributed by atoms with E-state index in [1.165, 1.54) is 0 Å². The van der Waals surface area contributed by atoms with E-state index in [1.54, 1.807) is 54.4 Å². The number of rotatable bonds is 18. The summed E-state index contributed by atoms with van der Waals surface area (Å²) in [4.78, 5) is 2.27. The molecule has 0 aromatic heterocycles. The molecule has 0 N–H and O–H groups in total. The third kappa shape index (κ3) is 9.52. The Morgan fingerprint density at radius 3 is 1.11 bits per heavy atom. The monoisotopic (exact) mass is 542 g/mol. The van der Waals surface area contributed by atoms with E-state index in [-0.39, 0.29) is 0 Å². The number of ether oxygens (including phenoxy) is 2. The van der Waals surface area contributed by atoms with Crippen molar-refractivity contribution in [2.45, 2.75) is 34.7 Å². The molecular weight excluding hydrogens is 504 g/mol. The average Bonchev–Trinajstić information content (AvgIpc) is 2.91. The van der Waals surface area contributed by atoms with Crippen LogP contribution in [0.3, 0.4) is 0 Å². The highest BCUT2D eigenvalue weighted by molar-refractivity contribution is 7.99. The van der Waals surface area contributed by atoms with Crippen molar-refractivity contribution in [3.8, 4) is 11.5 Å². The first-order valence-corrected chi connectivity index (χ1v) is 16.1. The van der Waals surface area contributed by atoms with Gasteiger partial charge in [-0.05, 0) is 61.4 Å². The summed E-state index contributed by atoms with van der Waals surface area (Å²) >= 11 is 1.69. The summed E-state index contributed by atoms with van der Waals surface area (Å²) in [6.45, 7) is 1.15. The molecule has 0 radical (unpaired) electrons. The van der Waals surface area contributed by atoms with Crippen LogP contribution in [0.4, 0.5) is 0 Å². The molecular formula is C24H38O8SSi2. The molecule has 2 rings (SSSR count). The second-order valence-corrected chi connectivity index (χ2v) is 14.9. The van der Waals surface area contributed by atoms with Gasteiger partial charge >= 0.3 is 17.6 Å². The Morgan fingerprint density at radius 1 is 0.514 bits per heavy atom. The molecule has 0 heterocycles. The van der Waals surface area contributed by atoms with Crippen molar-refractivity contribution < 1.29 is 36.0 Å². The zero-order chi connectivity index (χ0) is 25.6. The van der Waals surface area contributed by atoms with Gasteiger partial charge in [0.05, 0.1) is 13.2 Å². The molecule has 0 aliphatic heterocycles. The van der Waals surface area contributed by atoms with E-state index in [2.05, 4.69) is 24.3 Å². The molecule has 0 spiro atoms. The Hall–Kier alpha value is -1.42. The van der Waals surface area contributed by atoms with E-state index in [0.29, 0.717) is 25.3 Å². The third-order valence-corrected chi connectivity index (χ3v) is 12.2. The Kier molecular flexibility index (Phi) is 13.3. The molecule has 2 aromatic carbocycles. The largest absolute Gasteiger partial charge is 0.500 e. The van der Waals surface area contributed by atoms with Crippen molar-refractivity contribution in [2.24, 2.45) is 0 Å². The summed E-state index contributed by atoms with van der Waals surface area (Å²) in [7, 11) is 4.65. The summed E-state index contributed by atoms with van der Waals surface area (Å²) in [6, 6.07) is 17.6. The maximum atomic E-state index is 5.85. The standard InChI is InChI=1S/C24H38O8SSi2/c1-25-34(26-2,27-3)19-7-17-31-21-9-13-23(14-10-21)33-24-15-11-22(12-16-24)32-18-8-20-35(28-4,29-5)30-6/h9-16H,7-8,17-20H2,1-6H3. The maximum absolute atomic E-state index is 5.85. The SMILES string of the molecule is CO[Si](CCCOc1ccc(Sc2ccc(OCCC[Si](OC)(OC)OC)cc2)cc1)(OC)OC. The highest BCUT2D eigenvalue weighted by atomic mass is 32.2. The molecule has 0 saturated heterocycles. The molecule has 2 aromatic rings. The molecule has 0 unspecified atom stereocenters. The molecule has 0 amide bonds. The summed E-state index contributed by atoms with van der Waals surface area (Å²) in [5.41, 5.74) is 0. The van der Waals surface area contributed by atoms with Crippen LogP contribution < -0.4 is 9.47 Å². The molecule has 0 saturated carbocycles. The predicted octanol–water partition coefficient (Wildman–Crippen LogP) is 5.13.